The molecule has 0 bridgehead atoms. The van der Waals surface area contributed by atoms with E-state index in [4.69, 9.17) is 4.74 Å². The van der Waals surface area contributed by atoms with Crippen molar-refractivity contribution in [3.8, 4) is 10.7 Å². The molecule has 28 heavy (non-hydrogen) atoms. The van der Waals surface area contributed by atoms with Crippen molar-refractivity contribution < 1.29 is 14.3 Å². The van der Waals surface area contributed by atoms with Crippen molar-refractivity contribution >= 4 is 51.3 Å². The molecule has 0 aromatic carbocycles. The molecule has 0 aliphatic carbocycles. The van der Waals surface area contributed by atoms with Crippen LogP contribution < -0.4 is 5.32 Å². The highest BCUT2D eigenvalue weighted by atomic mass is 32.2. The number of ether oxygens (including phenoxy) is 1. The summed E-state index contributed by atoms with van der Waals surface area (Å²) in [7, 11) is 0. The van der Waals surface area contributed by atoms with Crippen LogP contribution in [0.3, 0.4) is 0 Å². The lowest BCUT2D eigenvalue weighted by Crippen LogP contribution is -2.16. The number of aromatic amines is 1. The number of nitrogens with zero attached hydrogens (tertiary/aromatic N) is 2. The lowest BCUT2D eigenvalue weighted by molar-refractivity contribution is -0.113. The molecule has 0 unspecified atom stereocenters. The Morgan fingerprint density at radius 3 is 2.86 bits per heavy atom. The highest BCUT2D eigenvalue weighted by molar-refractivity contribution is 7.99. The van der Waals surface area contributed by atoms with E-state index in [0.717, 1.165) is 15.3 Å². The Morgan fingerprint density at radius 2 is 2.18 bits per heavy atom. The van der Waals surface area contributed by atoms with E-state index in [1.54, 1.807) is 18.3 Å². The van der Waals surface area contributed by atoms with Gasteiger partial charge in [0, 0.05) is 4.88 Å². The van der Waals surface area contributed by atoms with Crippen molar-refractivity contribution in [1.29, 1.82) is 0 Å². The normalized spacial score (nSPS) is 10.8. The van der Waals surface area contributed by atoms with Gasteiger partial charge in [-0.1, -0.05) is 24.8 Å². The molecule has 10 heteroatoms. The van der Waals surface area contributed by atoms with Crippen molar-refractivity contribution in [3.63, 3.8) is 0 Å². The fraction of sp³-hybridized carbons (Fsp3) is 0.333. The maximum absolute atomic E-state index is 12.4. The summed E-state index contributed by atoms with van der Waals surface area (Å²) in [6, 6.07) is 3.89. The zero-order chi connectivity index (χ0) is 20.1. The van der Waals surface area contributed by atoms with E-state index in [-0.39, 0.29) is 18.3 Å². The number of carbonyl (C=O) groups is 2. The minimum atomic E-state index is -0.402. The van der Waals surface area contributed by atoms with E-state index < -0.39 is 5.97 Å². The minimum absolute atomic E-state index is 0.141. The number of hydrogen-bond donors (Lipinski definition) is 2. The standard InChI is InChI=1S/C18H20N4O3S3/c1-4-11-10(3)28-16(14(11)17(24)25-5-2)19-13(23)9-27-18-20-15(21-22-18)12-7-6-8-26-12/h6-8H,4-5,9H2,1-3H3,(H,19,23)(H,20,21,22). The first kappa shape index (κ1) is 20.6. The van der Waals surface area contributed by atoms with E-state index in [1.807, 2.05) is 31.4 Å². The van der Waals surface area contributed by atoms with Crippen molar-refractivity contribution in [1.82, 2.24) is 15.2 Å². The van der Waals surface area contributed by atoms with E-state index in [9.17, 15) is 9.59 Å². The SMILES string of the molecule is CCOC(=O)c1c(NC(=O)CSc2n[nH]c(-c3cccs3)n2)sc(C)c1CC. The molecule has 0 fully saturated rings. The summed E-state index contributed by atoms with van der Waals surface area (Å²) < 4.78 is 5.16. The van der Waals surface area contributed by atoms with Gasteiger partial charge in [0.15, 0.2) is 5.82 Å². The third kappa shape index (κ3) is 4.62. The van der Waals surface area contributed by atoms with Gasteiger partial charge in [0.25, 0.3) is 0 Å². The topological polar surface area (TPSA) is 97.0 Å². The predicted octanol–water partition coefficient (Wildman–Crippen LogP) is 4.37. The Balaban J connectivity index is 1.66. The van der Waals surface area contributed by atoms with E-state index in [0.29, 0.717) is 28.0 Å². The van der Waals surface area contributed by atoms with Gasteiger partial charge < -0.3 is 10.1 Å². The van der Waals surface area contributed by atoms with Gasteiger partial charge in [0.05, 0.1) is 22.8 Å². The first-order valence-electron chi connectivity index (χ1n) is 8.71. The highest BCUT2D eigenvalue weighted by Gasteiger charge is 2.23. The number of H-pyrrole nitrogens is 1. The van der Waals surface area contributed by atoms with Crippen molar-refractivity contribution in [2.24, 2.45) is 0 Å². The molecule has 148 valence electrons. The van der Waals surface area contributed by atoms with Gasteiger partial charge in [-0.05, 0) is 37.3 Å². The number of esters is 1. The van der Waals surface area contributed by atoms with Gasteiger partial charge in [0.1, 0.15) is 5.00 Å². The highest BCUT2D eigenvalue weighted by Crippen LogP contribution is 2.34. The van der Waals surface area contributed by atoms with Crippen molar-refractivity contribution in [2.75, 3.05) is 17.7 Å². The van der Waals surface area contributed by atoms with Gasteiger partial charge >= 0.3 is 5.97 Å². The average molecular weight is 437 g/mol. The van der Waals surface area contributed by atoms with E-state index in [1.165, 1.54) is 23.1 Å². The molecule has 0 spiro atoms. The third-order valence-corrected chi connectivity index (χ3v) is 6.63. The number of aromatic nitrogens is 3. The Hall–Kier alpha value is -2.17. The zero-order valence-corrected chi connectivity index (χ0v) is 18.1. The molecule has 7 nitrogen and oxygen atoms in total. The molecule has 0 saturated heterocycles. The van der Waals surface area contributed by atoms with Crippen LogP contribution in [0.2, 0.25) is 0 Å². The van der Waals surface area contributed by atoms with Gasteiger partial charge in [-0.2, -0.15) is 0 Å². The second-order valence-electron chi connectivity index (χ2n) is 5.70. The summed E-state index contributed by atoms with van der Waals surface area (Å²) >= 11 is 4.19. The van der Waals surface area contributed by atoms with Crippen LogP contribution in [-0.4, -0.2) is 39.4 Å². The number of anilines is 1. The summed E-state index contributed by atoms with van der Waals surface area (Å²) in [6.45, 7) is 5.97. The van der Waals surface area contributed by atoms with Crippen LogP contribution in [0.15, 0.2) is 22.7 Å². The monoisotopic (exact) mass is 436 g/mol. The van der Waals surface area contributed by atoms with Crippen LogP contribution in [0.25, 0.3) is 10.7 Å². The van der Waals surface area contributed by atoms with Crippen molar-refractivity contribution in [3.05, 3.63) is 33.5 Å². The van der Waals surface area contributed by atoms with Gasteiger partial charge in [0.2, 0.25) is 11.1 Å². The molecule has 0 saturated carbocycles. The molecule has 0 radical (unpaired) electrons. The summed E-state index contributed by atoms with van der Waals surface area (Å²) in [5.74, 6) is 0.203. The molecule has 3 heterocycles. The number of hydrogen-bond acceptors (Lipinski definition) is 8. The van der Waals surface area contributed by atoms with E-state index in [2.05, 4.69) is 20.5 Å². The second-order valence-corrected chi connectivity index (χ2v) is 8.81. The van der Waals surface area contributed by atoms with Crippen LogP contribution in [0.1, 0.15) is 34.6 Å². The Bertz CT molecular complexity index is 963. The first-order valence-corrected chi connectivity index (χ1v) is 11.4. The summed E-state index contributed by atoms with van der Waals surface area (Å²) in [4.78, 5) is 31.1. The summed E-state index contributed by atoms with van der Waals surface area (Å²) in [5.41, 5.74) is 1.38. The van der Waals surface area contributed by atoms with Crippen LogP contribution in [0, 0.1) is 6.92 Å². The number of nitrogens with one attached hydrogen (secondary N) is 2. The van der Waals surface area contributed by atoms with Crippen LogP contribution in [-0.2, 0) is 16.0 Å². The zero-order valence-electron chi connectivity index (χ0n) is 15.7. The number of carbonyl (C=O) groups excluding carboxylic acids is 2. The smallest absolute Gasteiger partial charge is 0.341 e. The van der Waals surface area contributed by atoms with Crippen molar-refractivity contribution in [2.45, 2.75) is 32.3 Å². The number of amides is 1. The third-order valence-electron chi connectivity index (χ3n) is 3.85. The average Bonchev–Trinajstić information content (AvgIpc) is 3.39. The summed E-state index contributed by atoms with van der Waals surface area (Å²) in [5, 5.41) is 12.9. The van der Waals surface area contributed by atoms with Gasteiger partial charge in [-0.25, -0.2) is 9.78 Å². The maximum Gasteiger partial charge on any atom is 0.341 e. The minimum Gasteiger partial charge on any atom is -0.462 e. The first-order chi connectivity index (χ1) is 13.5. The lowest BCUT2D eigenvalue weighted by atomic mass is 10.1. The molecule has 3 aromatic heterocycles. The quantitative estimate of drug-likeness (QED) is 0.402. The molecule has 1 amide bonds. The Kier molecular flexibility index (Phi) is 6.87. The second kappa shape index (κ2) is 9.35. The summed E-state index contributed by atoms with van der Waals surface area (Å²) in [6.07, 6.45) is 0.698. The maximum atomic E-state index is 12.4. The molecular formula is C18H20N4O3S3. The van der Waals surface area contributed by atoms with E-state index >= 15 is 0 Å². The number of aryl methyl sites for hydroxylation is 1. The largest absolute Gasteiger partial charge is 0.462 e. The van der Waals surface area contributed by atoms with Crippen LogP contribution in [0.4, 0.5) is 5.00 Å². The molecule has 3 aromatic rings. The number of thioether (sulfide) groups is 1. The van der Waals surface area contributed by atoms with Gasteiger partial charge in [-0.3, -0.25) is 9.89 Å². The molecule has 2 N–H and O–H groups in total. The number of rotatable bonds is 8. The van der Waals surface area contributed by atoms with Crippen LogP contribution >= 0.6 is 34.4 Å². The number of thiophene rings is 2. The van der Waals surface area contributed by atoms with Gasteiger partial charge in [-0.15, -0.1) is 27.8 Å². The van der Waals surface area contributed by atoms with Crippen LogP contribution in [0.5, 0.6) is 0 Å². The molecule has 3 rings (SSSR count). The Labute approximate surface area is 174 Å². The fourth-order valence-corrected chi connectivity index (χ4v) is 5.05. The molecule has 0 aliphatic heterocycles. The molecule has 0 aliphatic rings. The molecule has 0 atom stereocenters. The molecular weight excluding hydrogens is 416 g/mol. The Morgan fingerprint density at radius 1 is 1.36 bits per heavy atom. The predicted molar refractivity (Wildman–Crippen MR) is 113 cm³/mol. The lowest BCUT2D eigenvalue weighted by Gasteiger charge is -2.07. The fourth-order valence-electron chi connectivity index (χ4n) is 2.64.